The van der Waals surface area contributed by atoms with Crippen LogP contribution >= 0.6 is 23.2 Å². The van der Waals surface area contributed by atoms with Crippen LogP contribution in [0.2, 0.25) is 5.02 Å². The fourth-order valence-corrected chi connectivity index (χ4v) is 2.75. The number of nitrogens with zero attached hydrogens (tertiary/aromatic N) is 2. The van der Waals surface area contributed by atoms with E-state index in [1.807, 2.05) is 0 Å². The first-order valence-corrected chi connectivity index (χ1v) is 6.88. The number of nitro groups is 2. The van der Waals surface area contributed by atoms with E-state index in [0.717, 1.165) is 6.07 Å². The highest BCUT2D eigenvalue weighted by Gasteiger charge is 2.47. The van der Waals surface area contributed by atoms with Gasteiger partial charge in [-0.3, -0.25) is 20.2 Å². The van der Waals surface area contributed by atoms with E-state index in [-0.39, 0.29) is 27.4 Å². The van der Waals surface area contributed by atoms with Gasteiger partial charge in [0.25, 0.3) is 5.69 Å². The lowest BCUT2D eigenvalue weighted by Crippen LogP contribution is -2.31. The molecule has 22 heavy (non-hydrogen) atoms. The molecule has 0 aliphatic carbocycles. The monoisotopic (exact) mass is 340 g/mol. The molecule has 1 unspecified atom stereocenters. The number of hydrogen-bond donors (Lipinski definition) is 0. The molecule has 1 atom stereocenters. The van der Waals surface area contributed by atoms with Crippen molar-refractivity contribution in [2.75, 3.05) is 0 Å². The Bertz CT molecular complexity index is 752. The molecule has 0 aliphatic rings. The molecular weight excluding hydrogens is 331 g/mol. The van der Waals surface area contributed by atoms with Gasteiger partial charge >= 0.3 is 5.00 Å². The molecule has 114 valence electrons. The van der Waals surface area contributed by atoms with Gasteiger partial charge in [0.05, 0.1) is 15.4 Å². The van der Waals surface area contributed by atoms with Gasteiger partial charge in [0.1, 0.15) is 0 Å². The topological polar surface area (TPSA) is 86.3 Å². The van der Waals surface area contributed by atoms with E-state index in [1.54, 1.807) is 18.2 Å². The van der Waals surface area contributed by atoms with Crippen LogP contribution < -0.4 is 0 Å². The van der Waals surface area contributed by atoms with Crippen LogP contribution in [0, 0.1) is 27.2 Å². The van der Waals surface area contributed by atoms with Crippen LogP contribution in [0.4, 0.5) is 5.69 Å². The molecule has 8 heteroatoms. The third-order valence-corrected chi connectivity index (χ3v) is 4.08. The first-order chi connectivity index (χ1) is 10.3. The molecule has 0 fully saturated rings. The van der Waals surface area contributed by atoms with Crippen molar-refractivity contribution in [3.05, 3.63) is 84.4 Å². The molecule has 0 heterocycles. The first kappa shape index (κ1) is 16.2. The zero-order valence-corrected chi connectivity index (χ0v) is 12.8. The Morgan fingerprint density at radius 1 is 1.09 bits per heavy atom. The maximum Gasteiger partial charge on any atom is 0.346 e. The van der Waals surface area contributed by atoms with Gasteiger partial charge in [-0.15, -0.1) is 0 Å². The summed E-state index contributed by atoms with van der Waals surface area (Å²) < 4.78 is 0. The zero-order chi connectivity index (χ0) is 16.5. The highest BCUT2D eigenvalue weighted by atomic mass is 35.5. The SMILES string of the molecule is Cc1c([N+](=O)[O-])cc(Cl)cc1C(Cl)(c1ccccc1)[N+](=O)[O-]. The summed E-state index contributed by atoms with van der Waals surface area (Å²) in [5.74, 6) is 0. The van der Waals surface area contributed by atoms with E-state index >= 15 is 0 Å². The fraction of sp³-hybridized carbons (Fsp3) is 0.143. The van der Waals surface area contributed by atoms with Gasteiger partial charge in [-0.2, -0.15) is 0 Å². The Morgan fingerprint density at radius 2 is 1.68 bits per heavy atom. The summed E-state index contributed by atoms with van der Waals surface area (Å²) in [6.07, 6.45) is 0. The minimum absolute atomic E-state index is 0.00936. The van der Waals surface area contributed by atoms with E-state index < -0.39 is 14.8 Å². The standard InChI is InChI=1S/C14H10Cl2N2O4/c1-9-12(7-11(15)8-13(9)17(19)20)14(16,18(21)22)10-5-3-2-4-6-10/h2-8H,1H3. The Morgan fingerprint density at radius 3 is 2.18 bits per heavy atom. The van der Waals surface area contributed by atoms with Gasteiger partial charge in [0.2, 0.25) is 0 Å². The number of hydrogen-bond acceptors (Lipinski definition) is 4. The summed E-state index contributed by atoms with van der Waals surface area (Å²) in [7, 11) is 0. The Labute approximate surface area is 135 Å². The second kappa shape index (κ2) is 5.90. The van der Waals surface area contributed by atoms with Crippen LogP contribution in [0.15, 0.2) is 42.5 Å². The smallest absolute Gasteiger partial charge is 0.262 e. The summed E-state index contributed by atoms with van der Waals surface area (Å²) >= 11 is 12.2. The van der Waals surface area contributed by atoms with Crippen molar-refractivity contribution in [3.63, 3.8) is 0 Å². The minimum atomic E-state index is -2.15. The van der Waals surface area contributed by atoms with Gasteiger partial charge in [0.15, 0.2) is 0 Å². The quantitative estimate of drug-likeness (QED) is 0.360. The Kier molecular flexibility index (Phi) is 4.35. The molecule has 0 bridgehead atoms. The lowest BCUT2D eigenvalue weighted by molar-refractivity contribution is -0.537. The molecule has 0 N–H and O–H groups in total. The Hall–Kier alpha value is -2.18. The van der Waals surface area contributed by atoms with Crippen molar-refractivity contribution in [1.82, 2.24) is 0 Å². The third kappa shape index (κ3) is 2.63. The summed E-state index contributed by atoms with van der Waals surface area (Å²) in [4.78, 5) is 19.2. The number of halogens is 2. The van der Waals surface area contributed by atoms with Gasteiger partial charge in [-0.25, -0.2) is 0 Å². The Balaban J connectivity index is 2.81. The van der Waals surface area contributed by atoms with E-state index in [9.17, 15) is 20.2 Å². The molecular formula is C14H10Cl2N2O4. The molecule has 0 aliphatic heterocycles. The van der Waals surface area contributed by atoms with E-state index in [0.29, 0.717) is 0 Å². The average Bonchev–Trinajstić information content (AvgIpc) is 2.48. The molecule has 2 aromatic carbocycles. The third-order valence-electron chi connectivity index (χ3n) is 3.31. The van der Waals surface area contributed by atoms with Crippen molar-refractivity contribution in [3.8, 4) is 0 Å². The number of nitro benzene ring substituents is 1. The van der Waals surface area contributed by atoms with Crippen molar-refractivity contribution >= 4 is 28.9 Å². The molecule has 2 rings (SSSR count). The predicted octanol–water partition coefficient (Wildman–Crippen LogP) is 4.27. The van der Waals surface area contributed by atoms with Crippen molar-refractivity contribution < 1.29 is 9.85 Å². The minimum Gasteiger partial charge on any atom is -0.262 e. The number of alkyl halides is 1. The van der Waals surface area contributed by atoms with Gasteiger partial charge < -0.3 is 0 Å². The number of rotatable bonds is 4. The van der Waals surface area contributed by atoms with Gasteiger partial charge in [0, 0.05) is 22.2 Å². The summed E-state index contributed by atoms with van der Waals surface area (Å²) in [6, 6.07) is 10.3. The highest BCUT2D eigenvalue weighted by molar-refractivity contribution is 6.31. The zero-order valence-electron chi connectivity index (χ0n) is 11.3. The molecule has 0 saturated heterocycles. The average molecular weight is 341 g/mol. The van der Waals surface area contributed by atoms with Crippen molar-refractivity contribution in [2.24, 2.45) is 0 Å². The molecule has 0 spiro atoms. The maximum atomic E-state index is 11.6. The second-order valence-electron chi connectivity index (χ2n) is 4.60. The van der Waals surface area contributed by atoms with Crippen molar-refractivity contribution in [1.29, 1.82) is 0 Å². The lowest BCUT2D eigenvalue weighted by Gasteiger charge is -2.21. The normalized spacial score (nSPS) is 13.4. The van der Waals surface area contributed by atoms with Gasteiger partial charge in [-0.1, -0.05) is 41.9 Å². The van der Waals surface area contributed by atoms with Crippen LogP contribution in [0.3, 0.4) is 0 Å². The molecule has 6 nitrogen and oxygen atoms in total. The molecule has 0 radical (unpaired) electrons. The molecule has 0 amide bonds. The van der Waals surface area contributed by atoms with Crippen LogP contribution in [0.25, 0.3) is 0 Å². The largest absolute Gasteiger partial charge is 0.346 e. The summed E-state index contributed by atoms with van der Waals surface area (Å²) in [5, 5.41) is 22.7. The van der Waals surface area contributed by atoms with Gasteiger partial charge in [-0.05, 0) is 24.6 Å². The lowest BCUT2D eigenvalue weighted by atomic mass is 9.94. The summed E-state index contributed by atoms with van der Waals surface area (Å²) in [6.45, 7) is 1.41. The van der Waals surface area contributed by atoms with E-state index in [2.05, 4.69) is 0 Å². The fourth-order valence-electron chi connectivity index (χ4n) is 2.22. The van der Waals surface area contributed by atoms with Crippen LogP contribution in [-0.4, -0.2) is 9.85 Å². The highest BCUT2D eigenvalue weighted by Crippen LogP contribution is 2.42. The predicted molar refractivity (Wildman–Crippen MR) is 82.9 cm³/mol. The van der Waals surface area contributed by atoms with Crippen LogP contribution in [0.1, 0.15) is 16.7 Å². The van der Waals surface area contributed by atoms with Crippen molar-refractivity contribution in [2.45, 2.75) is 11.9 Å². The van der Waals surface area contributed by atoms with Crippen LogP contribution in [0.5, 0.6) is 0 Å². The summed E-state index contributed by atoms with van der Waals surface area (Å²) in [5.41, 5.74) is -0.0406. The molecule has 0 saturated carbocycles. The molecule has 0 aromatic heterocycles. The van der Waals surface area contributed by atoms with Crippen LogP contribution in [-0.2, 0) is 5.00 Å². The second-order valence-corrected chi connectivity index (χ2v) is 5.58. The molecule has 2 aromatic rings. The maximum absolute atomic E-state index is 11.6. The number of benzene rings is 2. The van der Waals surface area contributed by atoms with E-state index in [1.165, 1.54) is 25.1 Å². The van der Waals surface area contributed by atoms with E-state index in [4.69, 9.17) is 23.2 Å². The first-order valence-electron chi connectivity index (χ1n) is 6.12.